The van der Waals surface area contributed by atoms with Gasteiger partial charge in [-0.2, -0.15) is 0 Å². The van der Waals surface area contributed by atoms with Crippen LogP contribution in [0.3, 0.4) is 0 Å². The van der Waals surface area contributed by atoms with Crippen molar-refractivity contribution in [3.8, 4) is 0 Å². The molecule has 1 N–H and O–H groups in total. The van der Waals surface area contributed by atoms with Crippen LogP contribution in [0.15, 0.2) is 24.3 Å². The minimum atomic E-state index is -0.739. The number of carboxylic acid groups (broad SMARTS) is 1. The summed E-state index contributed by atoms with van der Waals surface area (Å²) in [5, 5.41) is 8.93. The number of hydrogen-bond donors (Lipinski definition) is 1. The first-order chi connectivity index (χ1) is 10.5. The molecule has 0 aliphatic heterocycles. The predicted octanol–water partition coefficient (Wildman–Crippen LogP) is 3.26. The number of benzene rings is 1. The Morgan fingerprint density at radius 1 is 1.05 bits per heavy atom. The minimum absolute atomic E-state index is 0.180. The molecule has 0 heterocycles. The first-order valence-electron chi connectivity index (χ1n) is 8.23. The molecule has 0 bridgehead atoms. The zero-order valence-electron chi connectivity index (χ0n) is 14.2. The summed E-state index contributed by atoms with van der Waals surface area (Å²) in [5.74, 6) is -0.739. The number of nitrogens with zero attached hydrogens (tertiary/aromatic N) is 2. The van der Waals surface area contributed by atoms with E-state index in [0.717, 1.165) is 31.6 Å². The van der Waals surface area contributed by atoms with Crippen LogP contribution >= 0.6 is 0 Å². The van der Waals surface area contributed by atoms with Crippen molar-refractivity contribution in [3.63, 3.8) is 0 Å². The first-order valence-corrected chi connectivity index (χ1v) is 8.23. The van der Waals surface area contributed by atoms with Gasteiger partial charge in [-0.25, -0.2) is 0 Å². The van der Waals surface area contributed by atoms with Crippen LogP contribution in [0.5, 0.6) is 0 Å². The second-order valence-electron chi connectivity index (χ2n) is 6.06. The van der Waals surface area contributed by atoms with Crippen LogP contribution in [0.2, 0.25) is 0 Å². The van der Waals surface area contributed by atoms with E-state index >= 15 is 0 Å². The van der Waals surface area contributed by atoms with E-state index in [-0.39, 0.29) is 6.42 Å². The molecule has 0 aliphatic carbocycles. The van der Waals surface area contributed by atoms with Gasteiger partial charge in [-0.1, -0.05) is 25.5 Å². The Balaban J connectivity index is 2.65. The predicted molar refractivity (Wildman–Crippen MR) is 92.7 cm³/mol. The quantitative estimate of drug-likeness (QED) is 0.681. The Labute approximate surface area is 134 Å². The molecule has 0 amide bonds. The Morgan fingerprint density at radius 3 is 2.27 bits per heavy atom. The molecule has 0 fully saturated rings. The van der Waals surface area contributed by atoms with E-state index in [9.17, 15) is 4.79 Å². The molecule has 0 saturated carbocycles. The summed E-state index contributed by atoms with van der Waals surface area (Å²) in [7, 11) is 4.12. The number of rotatable bonds is 11. The maximum Gasteiger partial charge on any atom is 0.305 e. The Morgan fingerprint density at radius 2 is 1.73 bits per heavy atom. The highest BCUT2D eigenvalue weighted by molar-refractivity contribution is 5.67. The van der Waals surface area contributed by atoms with Crippen LogP contribution < -0.4 is 4.90 Å². The highest BCUT2D eigenvalue weighted by atomic mass is 16.4. The average molecular weight is 306 g/mol. The SMILES string of the molecule is CCCCc1ccc(N(CCCN(C)C)CCC(=O)O)cc1. The fourth-order valence-electron chi connectivity index (χ4n) is 2.43. The highest BCUT2D eigenvalue weighted by Crippen LogP contribution is 2.17. The summed E-state index contributed by atoms with van der Waals surface area (Å²) in [6, 6.07) is 8.60. The number of carboxylic acids is 1. The van der Waals surface area contributed by atoms with Crippen LogP contribution in [0.1, 0.15) is 38.2 Å². The third-order valence-electron chi connectivity index (χ3n) is 3.75. The van der Waals surface area contributed by atoms with Crippen LogP contribution in [-0.2, 0) is 11.2 Å². The topological polar surface area (TPSA) is 43.8 Å². The minimum Gasteiger partial charge on any atom is -0.481 e. The lowest BCUT2D eigenvalue weighted by molar-refractivity contribution is -0.136. The van der Waals surface area contributed by atoms with E-state index in [4.69, 9.17) is 5.11 Å². The van der Waals surface area contributed by atoms with Crippen LogP contribution in [0.4, 0.5) is 5.69 Å². The van der Waals surface area contributed by atoms with Gasteiger partial charge in [0, 0.05) is 18.8 Å². The van der Waals surface area contributed by atoms with E-state index < -0.39 is 5.97 Å². The molecule has 0 atom stereocenters. The average Bonchev–Trinajstić information content (AvgIpc) is 2.48. The summed E-state index contributed by atoms with van der Waals surface area (Å²) in [4.78, 5) is 15.2. The molecule has 0 aromatic heterocycles. The van der Waals surface area contributed by atoms with Gasteiger partial charge >= 0.3 is 5.97 Å². The summed E-state index contributed by atoms with van der Waals surface area (Å²) in [6.45, 7) is 4.67. The van der Waals surface area contributed by atoms with E-state index in [1.54, 1.807) is 0 Å². The molecule has 124 valence electrons. The number of carbonyl (C=O) groups is 1. The van der Waals surface area contributed by atoms with E-state index in [0.29, 0.717) is 6.54 Å². The summed E-state index contributed by atoms with van der Waals surface area (Å²) in [6.07, 6.45) is 4.75. The number of hydrogen-bond acceptors (Lipinski definition) is 3. The fraction of sp³-hybridized carbons (Fsp3) is 0.611. The van der Waals surface area contributed by atoms with Gasteiger partial charge in [0.15, 0.2) is 0 Å². The van der Waals surface area contributed by atoms with Crippen LogP contribution in [-0.4, -0.2) is 49.7 Å². The van der Waals surface area contributed by atoms with Crippen molar-refractivity contribution in [2.24, 2.45) is 0 Å². The summed E-state index contributed by atoms with van der Waals surface area (Å²) in [5.41, 5.74) is 2.48. The molecule has 0 saturated heterocycles. The number of anilines is 1. The Kier molecular flexibility index (Phi) is 8.60. The lowest BCUT2D eigenvalue weighted by Crippen LogP contribution is -2.29. The Hall–Kier alpha value is -1.55. The second kappa shape index (κ2) is 10.2. The molecule has 1 aromatic rings. The number of aliphatic carboxylic acids is 1. The standard InChI is InChI=1S/C18H30N2O2/c1-4-5-7-16-8-10-17(11-9-16)20(15-12-18(21)22)14-6-13-19(2)3/h8-11H,4-7,12-15H2,1-3H3,(H,21,22). The van der Waals surface area contributed by atoms with Gasteiger partial charge in [-0.15, -0.1) is 0 Å². The van der Waals surface area contributed by atoms with Gasteiger partial charge in [0.05, 0.1) is 6.42 Å². The van der Waals surface area contributed by atoms with Crippen molar-refractivity contribution in [2.45, 2.75) is 39.0 Å². The van der Waals surface area contributed by atoms with Crippen molar-refractivity contribution in [1.82, 2.24) is 4.90 Å². The molecule has 0 spiro atoms. The lowest BCUT2D eigenvalue weighted by Gasteiger charge is -2.25. The lowest BCUT2D eigenvalue weighted by atomic mass is 10.1. The van der Waals surface area contributed by atoms with Gasteiger partial charge in [0.1, 0.15) is 0 Å². The van der Waals surface area contributed by atoms with E-state index in [2.05, 4.69) is 55.1 Å². The molecular formula is C18H30N2O2. The third-order valence-corrected chi connectivity index (χ3v) is 3.75. The van der Waals surface area contributed by atoms with Crippen molar-refractivity contribution in [3.05, 3.63) is 29.8 Å². The molecule has 0 radical (unpaired) electrons. The summed E-state index contributed by atoms with van der Waals surface area (Å²) < 4.78 is 0. The van der Waals surface area contributed by atoms with Crippen molar-refractivity contribution in [2.75, 3.05) is 38.6 Å². The molecule has 4 heteroatoms. The second-order valence-corrected chi connectivity index (χ2v) is 6.06. The van der Waals surface area contributed by atoms with Crippen LogP contribution in [0, 0.1) is 0 Å². The van der Waals surface area contributed by atoms with Gasteiger partial charge in [0.2, 0.25) is 0 Å². The third kappa shape index (κ3) is 7.46. The zero-order valence-corrected chi connectivity index (χ0v) is 14.2. The maximum atomic E-state index is 10.9. The van der Waals surface area contributed by atoms with Crippen molar-refractivity contribution >= 4 is 11.7 Å². The van der Waals surface area contributed by atoms with Crippen molar-refractivity contribution in [1.29, 1.82) is 0 Å². The van der Waals surface area contributed by atoms with Gasteiger partial charge < -0.3 is 14.9 Å². The smallest absolute Gasteiger partial charge is 0.305 e. The molecule has 22 heavy (non-hydrogen) atoms. The fourth-order valence-corrected chi connectivity index (χ4v) is 2.43. The monoisotopic (exact) mass is 306 g/mol. The van der Waals surface area contributed by atoms with Gasteiger partial charge in [0.25, 0.3) is 0 Å². The molecule has 0 aliphatic rings. The van der Waals surface area contributed by atoms with E-state index in [1.165, 1.54) is 18.4 Å². The highest BCUT2D eigenvalue weighted by Gasteiger charge is 2.09. The molecular weight excluding hydrogens is 276 g/mol. The molecule has 0 unspecified atom stereocenters. The number of aryl methyl sites for hydroxylation is 1. The summed E-state index contributed by atoms with van der Waals surface area (Å²) >= 11 is 0. The normalized spacial score (nSPS) is 10.9. The molecule has 4 nitrogen and oxygen atoms in total. The van der Waals surface area contributed by atoms with Crippen molar-refractivity contribution < 1.29 is 9.90 Å². The molecule has 1 aromatic carbocycles. The van der Waals surface area contributed by atoms with Gasteiger partial charge in [-0.05, 0) is 57.6 Å². The first kappa shape index (κ1) is 18.5. The largest absolute Gasteiger partial charge is 0.481 e. The van der Waals surface area contributed by atoms with Gasteiger partial charge in [-0.3, -0.25) is 4.79 Å². The van der Waals surface area contributed by atoms with Crippen LogP contribution in [0.25, 0.3) is 0 Å². The Bertz CT molecular complexity index is 429. The maximum absolute atomic E-state index is 10.9. The zero-order chi connectivity index (χ0) is 16.4. The molecule has 1 rings (SSSR count). The number of unbranched alkanes of at least 4 members (excludes halogenated alkanes) is 1. The van der Waals surface area contributed by atoms with E-state index in [1.807, 2.05) is 0 Å².